The van der Waals surface area contributed by atoms with Crippen LogP contribution in [0.15, 0.2) is 35.4 Å². The van der Waals surface area contributed by atoms with Crippen LogP contribution in [0.4, 0.5) is 5.95 Å². The summed E-state index contributed by atoms with van der Waals surface area (Å²) < 4.78 is 0. The molecule has 1 aliphatic heterocycles. The van der Waals surface area contributed by atoms with Crippen molar-refractivity contribution in [3.8, 4) is 11.4 Å². The summed E-state index contributed by atoms with van der Waals surface area (Å²) >= 11 is 0. The van der Waals surface area contributed by atoms with Gasteiger partial charge < -0.3 is 0 Å². The lowest BCUT2D eigenvalue weighted by Gasteiger charge is -1.91. The number of imidazole rings is 1. The molecule has 2 rings (SSSR count). The SMILES string of the molecule is CC(C)=NNc1nc2cccccc-2n1. The minimum atomic E-state index is 0.539. The minimum absolute atomic E-state index is 0.539. The molecular formula is C11H12N4. The summed E-state index contributed by atoms with van der Waals surface area (Å²) in [7, 11) is 0. The number of rotatable bonds is 2. The van der Waals surface area contributed by atoms with Crippen LogP contribution in [0.3, 0.4) is 0 Å². The molecule has 0 saturated carbocycles. The maximum atomic E-state index is 4.30. The zero-order valence-corrected chi connectivity index (χ0v) is 8.73. The molecule has 0 spiro atoms. The Bertz CT molecular complexity index is 429. The Balaban J connectivity index is 2.32. The van der Waals surface area contributed by atoms with Crippen molar-refractivity contribution >= 4 is 11.7 Å². The minimum Gasteiger partial charge on any atom is -0.245 e. The summed E-state index contributed by atoms with van der Waals surface area (Å²) in [5, 5.41) is 4.05. The Morgan fingerprint density at radius 2 is 1.67 bits per heavy atom. The molecule has 0 fully saturated rings. The maximum absolute atomic E-state index is 4.30. The third-order valence-corrected chi connectivity index (χ3v) is 1.83. The van der Waals surface area contributed by atoms with Crippen LogP contribution in [-0.4, -0.2) is 15.7 Å². The number of aromatic nitrogens is 2. The molecule has 0 aromatic rings. The lowest BCUT2D eigenvalue weighted by atomic mass is 10.3. The van der Waals surface area contributed by atoms with Crippen molar-refractivity contribution in [1.29, 1.82) is 0 Å². The Morgan fingerprint density at radius 1 is 1.07 bits per heavy atom. The third-order valence-electron chi connectivity index (χ3n) is 1.83. The number of anilines is 1. The van der Waals surface area contributed by atoms with E-state index in [0.29, 0.717) is 5.95 Å². The predicted octanol–water partition coefficient (Wildman–Crippen LogP) is 2.39. The molecule has 4 nitrogen and oxygen atoms in total. The standard InChI is InChI=1S/C11H12N4/c1-8(2)14-15-11-12-9-6-4-3-5-7-10(9)13-11/h3-7H,1-2H3,(H,12,13,15). The molecule has 0 bridgehead atoms. The van der Waals surface area contributed by atoms with E-state index in [-0.39, 0.29) is 0 Å². The highest BCUT2D eigenvalue weighted by atomic mass is 15.4. The zero-order valence-electron chi connectivity index (χ0n) is 8.73. The number of fused-ring (bicyclic) bond motifs is 1. The summed E-state index contributed by atoms with van der Waals surface area (Å²) in [5.41, 5.74) is 5.48. The number of hydrogen-bond donors (Lipinski definition) is 1. The lowest BCUT2D eigenvalue weighted by molar-refractivity contribution is 1.20. The third kappa shape index (κ3) is 2.28. The topological polar surface area (TPSA) is 50.2 Å². The normalized spacial score (nSPS) is 10.0. The summed E-state index contributed by atoms with van der Waals surface area (Å²) in [4.78, 5) is 8.59. The van der Waals surface area contributed by atoms with Crippen molar-refractivity contribution in [2.45, 2.75) is 13.8 Å². The highest BCUT2D eigenvalue weighted by Gasteiger charge is 2.07. The van der Waals surface area contributed by atoms with Crippen LogP contribution in [-0.2, 0) is 0 Å². The second-order valence-electron chi connectivity index (χ2n) is 3.40. The lowest BCUT2D eigenvalue weighted by Crippen LogP contribution is -1.93. The molecule has 0 aromatic heterocycles. The first kappa shape index (κ1) is 9.58. The molecule has 4 heteroatoms. The second kappa shape index (κ2) is 4.04. The van der Waals surface area contributed by atoms with E-state index in [0.717, 1.165) is 17.1 Å². The maximum Gasteiger partial charge on any atom is 0.244 e. The quantitative estimate of drug-likeness (QED) is 0.598. The summed E-state index contributed by atoms with van der Waals surface area (Å²) in [6.45, 7) is 3.82. The van der Waals surface area contributed by atoms with E-state index in [1.807, 2.05) is 44.2 Å². The van der Waals surface area contributed by atoms with Crippen molar-refractivity contribution in [3.05, 3.63) is 30.3 Å². The smallest absolute Gasteiger partial charge is 0.244 e. The predicted molar refractivity (Wildman–Crippen MR) is 61.1 cm³/mol. The van der Waals surface area contributed by atoms with Gasteiger partial charge in [-0.1, -0.05) is 18.2 Å². The van der Waals surface area contributed by atoms with E-state index < -0.39 is 0 Å². The van der Waals surface area contributed by atoms with Crippen LogP contribution in [0.1, 0.15) is 13.8 Å². The highest BCUT2D eigenvalue weighted by Crippen LogP contribution is 2.18. The Morgan fingerprint density at radius 3 is 2.20 bits per heavy atom. The Labute approximate surface area is 88.4 Å². The van der Waals surface area contributed by atoms with Crippen molar-refractivity contribution in [1.82, 2.24) is 9.97 Å². The van der Waals surface area contributed by atoms with Gasteiger partial charge in [-0.05, 0) is 26.0 Å². The molecule has 15 heavy (non-hydrogen) atoms. The van der Waals surface area contributed by atoms with E-state index in [4.69, 9.17) is 0 Å². The van der Waals surface area contributed by atoms with Crippen LogP contribution >= 0.6 is 0 Å². The fourth-order valence-corrected chi connectivity index (χ4v) is 1.18. The van der Waals surface area contributed by atoms with E-state index in [2.05, 4.69) is 20.5 Å². The highest BCUT2D eigenvalue weighted by molar-refractivity contribution is 5.79. The molecule has 0 aromatic carbocycles. The van der Waals surface area contributed by atoms with Crippen molar-refractivity contribution in [3.63, 3.8) is 0 Å². The average Bonchev–Trinajstić information content (AvgIpc) is 2.46. The zero-order chi connectivity index (χ0) is 10.7. The van der Waals surface area contributed by atoms with Gasteiger partial charge in [0.15, 0.2) is 0 Å². The monoisotopic (exact) mass is 200 g/mol. The van der Waals surface area contributed by atoms with Crippen molar-refractivity contribution < 1.29 is 0 Å². The van der Waals surface area contributed by atoms with E-state index in [1.165, 1.54) is 0 Å². The van der Waals surface area contributed by atoms with Gasteiger partial charge in [-0.25, -0.2) is 15.4 Å². The first-order chi connectivity index (χ1) is 7.25. The fraction of sp³-hybridized carbons (Fsp3) is 0.182. The molecule has 1 N–H and O–H groups in total. The van der Waals surface area contributed by atoms with Crippen LogP contribution in [0.25, 0.3) is 11.4 Å². The van der Waals surface area contributed by atoms with E-state index >= 15 is 0 Å². The number of nitrogens with zero attached hydrogens (tertiary/aromatic N) is 3. The molecule has 0 radical (unpaired) electrons. The Hall–Kier alpha value is -1.97. The second-order valence-corrected chi connectivity index (χ2v) is 3.40. The molecule has 0 amide bonds. The van der Waals surface area contributed by atoms with E-state index in [9.17, 15) is 0 Å². The first-order valence-electron chi connectivity index (χ1n) is 4.75. The van der Waals surface area contributed by atoms with Gasteiger partial charge in [-0.2, -0.15) is 5.10 Å². The number of hydrogen-bond acceptors (Lipinski definition) is 4. The molecule has 0 unspecified atom stereocenters. The van der Waals surface area contributed by atoms with Crippen LogP contribution in [0, 0.1) is 0 Å². The fourth-order valence-electron chi connectivity index (χ4n) is 1.18. The Kier molecular flexibility index (Phi) is 2.58. The van der Waals surface area contributed by atoms with Gasteiger partial charge in [0, 0.05) is 5.71 Å². The van der Waals surface area contributed by atoms with Gasteiger partial charge in [-0.15, -0.1) is 0 Å². The van der Waals surface area contributed by atoms with Crippen LogP contribution in [0.2, 0.25) is 0 Å². The summed E-state index contributed by atoms with van der Waals surface area (Å²) in [6.07, 6.45) is 0. The molecule has 76 valence electrons. The van der Waals surface area contributed by atoms with Gasteiger partial charge in [-0.3, -0.25) is 0 Å². The van der Waals surface area contributed by atoms with E-state index in [1.54, 1.807) is 0 Å². The number of nitrogens with one attached hydrogen (secondary N) is 1. The van der Waals surface area contributed by atoms with Gasteiger partial charge in [0.2, 0.25) is 5.95 Å². The van der Waals surface area contributed by atoms with Gasteiger partial charge in [0.1, 0.15) is 0 Å². The van der Waals surface area contributed by atoms with Gasteiger partial charge in [0.25, 0.3) is 0 Å². The molecule has 0 saturated heterocycles. The van der Waals surface area contributed by atoms with Crippen molar-refractivity contribution in [2.24, 2.45) is 5.10 Å². The van der Waals surface area contributed by atoms with Crippen LogP contribution in [0.5, 0.6) is 0 Å². The van der Waals surface area contributed by atoms with Crippen molar-refractivity contribution in [2.75, 3.05) is 5.43 Å². The molecule has 1 aliphatic carbocycles. The molecule has 1 heterocycles. The molecule has 2 aliphatic rings. The largest absolute Gasteiger partial charge is 0.245 e. The van der Waals surface area contributed by atoms with Crippen LogP contribution < -0.4 is 5.43 Å². The first-order valence-corrected chi connectivity index (χ1v) is 4.75. The summed E-state index contributed by atoms with van der Waals surface area (Å²) in [6, 6.07) is 9.68. The molecule has 0 atom stereocenters. The number of hydrazone groups is 1. The van der Waals surface area contributed by atoms with Gasteiger partial charge in [0.05, 0.1) is 11.4 Å². The molecular weight excluding hydrogens is 188 g/mol. The van der Waals surface area contributed by atoms with Gasteiger partial charge >= 0.3 is 0 Å². The average molecular weight is 200 g/mol. The summed E-state index contributed by atoms with van der Waals surface area (Å²) in [5.74, 6) is 0.539.